The van der Waals surface area contributed by atoms with Gasteiger partial charge in [-0.05, 0) is 65.2 Å². The first-order valence-electron chi connectivity index (χ1n) is 36.8. The number of fused-ring (bicyclic) bond motifs is 12. The van der Waals surface area contributed by atoms with Crippen molar-refractivity contribution in [1.82, 2.24) is 49.8 Å². The Morgan fingerprint density at radius 3 is 1.07 bits per heavy atom. The Kier molecular flexibility index (Phi) is 16.3. The quantitative estimate of drug-likeness (QED) is 0.114. The fourth-order valence-corrected chi connectivity index (χ4v) is 17.3. The Morgan fingerprint density at radius 1 is 0.196 bits per heavy atom. The highest BCUT2D eigenvalue weighted by Gasteiger charge is 2.25. The van der Waals surface area contributed by atoms with Gasteiger partial charge in [0, 0.05) is 103 Å². The van der Waals surface area contributed by atoms with Crippen molar-refractivity contribution in [2.75, 3.05) is 0 Å². The van der Waals surface area contributed by atoms with Gasteiger partial charge in [0.05, 0.1) is 31.8 Å². The maximum atomic E-state index is 6.76. The summed E-state index contributed by atoms with van der Waals surface area (Å²) < 4.78 is 17.9. The molecule has 8 aromatic heterocycles. The van der Waals surface area contributed by atoms with Crippen molar-refractivity contribution in [1.29, 1.82) is 0 Å². The van der Waals surface area contributed by atoms with Crippen LogP contribution in [0.2, 0.25) is 0 Å². The molecular weight excluding hydrogens is 1410 g/mol. The van der Waals surface area contributed by atoms with E-state index in [1.807, 2.05) is 176 Å². The number of hydrogen-bond donors (Lipinski definition) is 0. The van der Waals surface area contributed by atoms with Gasteiger partial charge in [0.2, 0.25) is 0 Å². The van der Waals surface area contributed by atoms with Crippen LogP contribution < -0.4 is 0 Å². The average molecular weight is 1470 g/mol. The van der Waals surface area contributed by atoms with Crippen molar-refractivity contribution in [3.8, 4) is 136 Å². The molecule has 0 bridgehead atoms. The van der Waals surface area contributed by atoms with Crippen LogP contribution in [0.4, 0.5) is 0 Å². The van der Waals surface area contributed by atoms with Gasteiger partial charge in [-0.2, -0.15) is 0 Å². The van der Waals surface area contributed by atoms with Crippen LogP contribution in [0.25, 0.3) is 220 Å². The Balaban J connectivity index is 0.000000141. The minimum atomic E-state index is 0.570. The molecule has 22 rings (SSSR count). The average Bonchev–Trinajstić information content (AvgIpc) is 1.58. The second kappa shape index (κ2) is 27.8. The fraction of sp³-hybridized carbons (Fsp3) is 0. The molecule has 0 saturated heterocycles. The third-order valence-electron chi connectivity index (χ3n) is 20.3. The first-order valence-corrected chi connectivity index (χ1v) is 38.5. The van der Waals surface area contributed by atoms with E-state index in [1.54, 1.807) is 22.7 Å². The molecule has 0 spiro atoms. The number of rotatable bonds is 12. The number of nitrogens with zero attached hydrogens (tertiary/aromatic N) is 10. The molecule has 22 aromatic rings. The van der Waals surface area contributed by atoms with Crippen LogP contribution in [-0.4, -0.2) is 49.8 Å². The van der Waals surface area contributed by atoms with E-state index in [2.05, 4.69) is 176 Å². The van der Waals surface area contributed by atoms with Crippen molar-refractivity contribution < 1.29 is 8.83 Å². The fourth-order valence-electron chi connectivity index (χ4n) is 15.0. The van der Waals surface area contributed by atoms with Gasteiger partial charge < -0.3 is 8.83 Å². The molecule has 0 amide bonds. The molecule has 0 atom stereocenters. The molecule has 0 radical (unpaired) electrons. The van der Waals surface area contributed by atoms with Crippen LogP contribution >= 0.6 is 22.7 Å². The Hall–Kier alpha value is -14.7. The Bertz CT molecular complexity index is 7270. The molecule has 0 saturated carbocycles. The molecule has 12 nitrogen and oxygen atoms in total. The lowest BCUT2D eigenvalue weighted by molar-refractivity contribution is 0.669. The normalized spacial score (nSPS) is 11.6. The summed E-state index contributed by atoms with van der Waals surface area (Å²) in [4.78, 5) is 50.9. The van der Waals surface area contributed by atoms with E-state index in [0.717, 1.165) is 164 Å². The number of furan rings is 2. The number of para-hydroxylation sites is 1. The number of hydrogen-bond acceptors (Lipinski definition) is 14. The SMILES string of the molecule is c1ccc(-c2cccc(-c3nc(-c4cccc5oc6cc(-c7nc(-c8ccccc8)nc(-c8ccccc8)n7)ccc6c45)nc4c3sc3ccccc34)c2)cc1.c1ccc(-c2nc(-c3ccccc3)nc(-c3cccc(-c4cccc5c4oc4cccc(-c6nc(-c7ccccc7)c7sc8ccccc8c7n6)c45)c3)n2)cc1. The molecule has 14 heteroatoms. The van der Waals surface area contributed by atoms with E-state index in [1.165, 1.54) is 9.40 Å². The Morgan fingerprint density at radius 2 is 0.554 bits per heavy atom. The van der Waals surface area contributed by atoms with E-state index >= 15 is 0 Å². The van der Waals surface area contributed by atoms with Crippen LogP contribution in [-0.2, 0) is 0 Å². The zero-order valence-electron chi connectivity index (χ0n) is 59.6. The summed E-state index contributed by atoms with van der Waals surface area (Å²) >= 11 is 3.47. The third-order valence-corrected chi connectivity index (χ3v) is 22.7. The van der Waals surface area contributed by atoms with E-state index in [4.69, 9.17) is 58.7 Å². The summed E-state index contributed by atoms with van der Waals surface area (Å²) in [5.41, 5.74) is 20.4. The van der Waals surface area contributed by atoms with Crippen molar-refractivity contribution in [3.63, 3.8) is 0 Å². The Labute approximate surface area is 649 Å². The predicted molar refractivity (Wildman–Crippen MR) is 456 cm³/mol. The molecule has 0 aliphatic heterocycles. The summed E-state index contributed by atoms with van der Waals surface area (Å²) in [6, 6.07) is 120. The smallest absolute Gasteiger partial charge is 0.164 e. The number of benzene rings is 14. The molecular formula is C98H58N10O2S2. The predicted octanol–water partition coefficient (Wildman–Crippen LogP) is 25.9. The van der Waals surface area contributed by atoms with Crippen LogP contribution in [0.3, 0.4) is 0 Å². The molecule has 0 unspecified atom stereocenters. The molecule has 0 aliphatic carbocycles. The zero-order chi connectivity index (χ0) is 74.0. The van der Waals surface area contributed by atoms with Gasteiger partial charge in [-0.1, -0.05) is 303 Å². The van der Waals surface area contributed by atoms with Gasteiger partial charge in [-0.3, -0.25) is 0 Å². The topological polar surface area (TPSA) is 155 Å². The van der Waals surface area contributed by atoms with E-state index in [-0.39, 0.29) is 0 Å². The number of aromatic nitrogens is 10. The monoisotopic (exact) mass is 1470 g/mol. The lowest BCUT2D eigenvalue weighted by Crippen LogP contribution is -2.00. The molecule has 524 valence electrons. The summed E-state index contributed by atoms with van der Waals surface area (Å²) in [6.07, 6.45) is 0. The van der Waals surface area contributed by atoms with Crippen LogP contribution in [0, 0.1) is 0 Å². The molecule has 8 heterocycles. The maximum absolute atomic E-state index is 6.76. The van der Waals surface area contributed by atoms with Crippen molar-refractivity contribution in [3.05, 3.63) is 352 Å². The minimum Gasteiger partial charge on any atom is -0.456 e. The summed E-state index contributed by atoms with van der Waals surface area (Å²) in [5.74, 6) is 4.95. The van der Waals surface area contributed by atoms with Gasteiger partial charge in [-0.25, -0.2) is 49.8 Å². The minimum absolute atomic E-state index is 0.570. The largest absolute Gasteiger partial charge is 0.456 e. The first kappa shape index (κ1) is 65.6. The standard InChI is InChI=1S/2C49H29N5OS/c1-4-15-30(16-5-1)42-45-43(36-23-10-11-28-40(36)56-45)51-49(50-42)38-26-14-27-39-41(38)37-25-13-24-35(44(37)55-39)33-21-12-22-34(29-33)48-53-46(31-17-6-2-7-18-31)52-47(54-48)32-19-8-3-9-20-32;1-4-14-30(15-5-1)33-20-12-21-34(28-33)43-45-44(37-22-10-11-25-41(37)56-45)51-49(50-43)38-23-13-24-39-42(38)36-27-26-35(29-40(36)55-39)48-53-46(31-16-6-2-7-17-31)52-47(54-48)32-18-8-3-9-19-32/h2*1-29H. The third kappa shape index (κ3) is 12.0. The van der Waals surface area contributed by atoms with E-state index < -0.39 is 0 Å². The van der Waals surface area contributed by atoms with Crippen molar-refractivity contribution in [2.24, 2.45) is 0 Å². The van der Waals surface area contributed by atoms with Crippen molar-refractivity contribution in [2.45, 2.75) is 0 Å². The maximum Gasteiger partial charge on any atom is 0.164 e. The second-order valence-electron chi connectivity index (χ2n) is 27.3. The van der Waals surface area contributed by atoms with Crippen LogP contribution in [0.5, 0.6) is 0 Å². The van der Waals surface area contributed by atoms with Gasteiger partial charge in [0.15, 0.2) is 46.6 Å². The highest BCUT2D eigenvalue weighted by molar-refractivity contribution is 7.26. The van der Waals surface area contributed by atoms with Gasteiger partial charge in [-0.15, -0.1) is 22.7 Å². The van der Waals surface area contributed by atoms with E-state index in [0.29, 0.717) is 46.6 Å². The molecule has 0 fully saturated rings. The van der Waals surface area contributed by atoms with E-state index in [9.17, 15) is 0 Å². The van der Waals surface area contributed by atoms with Gasteiger partial charge in [0.25, 0.3) is 0 Å². The van der Waals surface area contributed by atoms with Gasteiger partial charge in [0.1, 0.15) is 22.3 Å². The molecule has 0 N–H and O–H groups in total. The lowest BCUT2D eigenvalue weighted by atomic mass is 9.99. The highest BCUT2D eigenvalue weighted by atomic mass is 32.1. The summed E-state index contributed by atoms with van der Waals surface area (Å²) in [6.45, 7) is 0. The molecule has 0 aliphatic rings. The summed E-state index contributed by atoms with van der Waals surface area (Å²) in [5, 5.41) is 6.15. The zero-order valence-corrected chi connectivity index (χ0v) is 61.2. The van der Waals surface area contributed by atoms with Gasteiger partial charge >= 0.3 is 0 Å². The van der Waals surface area contributed by atoms with Crippen molar-refractivity contribution >= 4 is 107 Å². The van der Waals surface area contributed by atoms with Crippen LogP contribution in [0.15, 0.2) is 361 Å². The van der Waals surface area contributed by atoms with Crippen LogP contribution in [0.1, 0.15) is 0 Å². The first-order chi connectivity index (χ1) is 55.5. The summed E-state index contributed by atoms with van der Waals surface area (Å²) in [7, 11) is 0. The highest BCUT2D eigenvalue weighted by Crippen LogP contribution is 2.47. The molecule has 112 heavy (non-hydrogen) atoms. The lowest BCUT2D eigenvalue weighted by Gasteiger charge is -2.10. The second-order valence-corrected chi connectivity index (χ2v) is 29.4. The number of thiophene rings is 2. The molecule has 14 aromatic carbocycles.